The SMILES string of the molecule is C=CC(=O)N[C@H]1CCC=C(c2c(F)c(F)c(C(N)=O)c3[nH]c(C)c(Cl)c23)C1. The molecule has 0 radical (unpaired) electrons. The molecule has 8 heteroatoms. The number of aryl methyl sites for hydroxylation is 1. The van der Waals surface area contributed by atoms with Gasteiger partial charge in [-0.3, -0.25) is 9.59 Å². The molecule has 142 valence electrons. The molecular weight excluding hydrogens is 376 g/mol. The fourth-order valence-corrected chi connectivity index (χ4v) is 3.73. The molecule has 0 aliphatic heterocycles. The summed E-state index contributed by atoms with van der Waals surface area (Å²) in [6.45, 7) is 5.04. The van der Waals surface area contributed by atoms with Crippen LogP contribution in [0.15, 0.2) is 18.7 Å². The minimum absolute atomic E-state index is 0.0144. The lowest BCUT2D eigenvalue weighted by atomic mass is 9.87. The first kappa shape index (κ1) is 19.1. The van der Waals surface area contributed by atoms with Gasteiger partial charge >= 0.3 is 0 Å². The van der Waals surface area contributed by atoms with Crippen molar-refractivity contribution in [3.05, 3.63) is 52.2 Å². The Hall–Kier alpha value is -2.67. The molecule has 0 spiro atoms. The summed E-state index contributed by atoms with van der Waals surface area (Å²) in [5, 5.41) is 3.18. The third-order valence-corrected chi connectivity index (χ3v) is 5.19. The summed E-state index contributed by atoms with van der Waals surface area (Å²) < 4.78 is 29.6. The Kier molecular flexibility index (Phi) is 5.06. The second kappa shape index (κ2) is 7.15. The maximum absolute atomic E-state index is 15.0. The van der Waals surface area contributed by atoms with E-state index in [2.05, 4.69) is 16.9 Å². The average molecular weight is 394 g/mol. The van der Waals surface area contributed by atoms with Gasteiger partial charge in [0, 0.05) is 22.7 Å². The summed E-state index contributed by atoms with van der Waals surface area (Å²) in [4.78, 5) is 26.1. The van der Waals surface area contributed by atoms with Gasteiger partial charge in [0.15, 0.2) is 11.6 Å². The summed E-state index contributed by atoms with van der Waals surface area (Å²) in [6, 6.07) is -0.248. The Bertz CT molecular complexity index is 1010. The molecule has 0 saturated carbocycles. The van der Waals surface area contributed by atoms with Crippen LogP contribution in [0.1, 0.15) is 40.9 Å². The third-order valence-electron chi connectivity index (χ3n) is 4.71. The molecule has 2 amide bonds. The zero-order valence-electron chi connectivity index (χ0n) is 14.6. The molecule has 0 unspecified atom stereocenters. The second-order valence-electron chi connectivity index (χ2n) is 6.48. The fraction of sp³-hybridized carbons (Fsp3) is 0.263. The Morgan fingerprint density at radius 1 is 1.41 bits per heavy atom. The Balaban J connectivity index is 2.20. The van der Waals surface area contributed by atoms with Gasteiger partial charge in [0.2, 0.25) is 5.91 Å². The molecule has 1 aromatic carbocycles. The normalized spacial score (nSPS) is 16.9. The average Bonchev–Trinajstić information content (AvgIpc) is 2.90. The van der Waals surface area contributed by atoms with Crippen molar-refractivity contribution in [1.29, 1.82) is 0 Å². The standard InChI is InChI=1S/C19H18ClF2N3O2/c1-3-11(26)25-10-6-4-5-9(7-10)12-13-15(20)8(2)24-18(13)14(19(23)27)17(22)16(12)21/h3,5,10,24H,1,4,6-7H2,2H3,(H2,23,27)(H,25,26)/t10-/m0/s1. The van der Waals surface area contributed by atoms with Crippen LogP contribution in [0.5, 0.6) is 0 Å². The van der Waals surface area contributed by atoms with Crippen LogP contribution in [0.4, 0.5) is 8.78 Å². The number of aromatic amines is 1. The quantitative estimate of drug-likeness (QED) is 0.691. The van der Waals surface area contributed by atoms with Crippen LogP contribution in [-0.2, 0) is 4.79 Å². The highest BCUT2D eigenvalue weighted by Gasteiger charge is 2.30. The van der Waals surface area contributed by atoms with Crippen LogP contribution in [-0.4, -0.2) is 22.8 Å². The van der Waals surface area contributed by atoms with Gasteiger partial charge in [-0.05, 0) is 37.8 Å². The zero-order chi connectivity index (χ0) is 19.9. The van der Waals surface area contributed by atoms with Crippen molar-refractivity contribution >= 4 is 39.9 Å². The smallest absolute Gasteiger partial charge is 0.253 e. The number of allylic oxidation sites excluding steroid dienone is 1. The van der Waals surface area contributed by atoms with Crippen LogP contribution in [0.3, 0.4) is 0 Å². The number of carbonyl (C=O) groups is 2. The third kappa shape index (κ3) is 3.23. The van der Waals surface area contributed by atoms with Crippen LogP contribution in [0.2, 0.25) is 5.02 Å². The molecule has 0 saturated heterocycles. The molecule has 1 aromatic heterocycles. The minimum atomic E-state index is -1.32. The molecule has 1 aliphatic carbocycles. The second-order valence-corrected chi connectivity index (χ2v) is 6.85. The van der Waals surface area contributed by atoms with Gasteiger partial charge < -0.3 is 16.0 Å². The summed E-state index contributed by atoms with van der Waals surface area (Å²) in [6.07, 6.45) is 4.47. The minimum Gasteiger partial charge on any atom is -0.365 e. The number of primary amides is 1. The van der Waals surface area contributed by atoms with E-state index in [4.69, 9.17) is 17.3 Å². The first-order valence-corrected chi connectivity index (χ1v) is 8.74. The molecule has 1 atom stereocenters. The van der Waals surface area contributed by atoms with Gasteiger partial charge in [0.25, 0.3) is 5.91 Å². The molecule has 0 fully saturated rings. The van der Waals surface area contributed by atoms with E-state index in [1.165, 1.54) is 0 Å². The lowest BCUT2D eigenvalue weighted by Crippen LogP contribution is -2.35. The predicted molar refractivity (Wildman–Crippen MR) is 100 cm³/mol. The van der Waals surface area contributed by atoms with Crippen molar-refractivity contribution in [3.8, 4) is 0 Å². The van der Waals surface area contributed by atoms with E-state index in [-0.39, 0.29) is 33.4 Å². The first-order valence-electron chi connectivity index (χ1n) is 8.37. The lowest BCUT2D eigenvalue weighted by Gasteiger charge is -2.24. The highest BCUT2D eigenvalue weighted by Crippen LogP contribution is 2.41. The van der Waals surface area contributed by atoms with Gasteiger partial charge in [-0.25, -0.2) is 8.78 Å². The fourth-order valence-electron chi connectivity index (χ4n) is 3.49. The van der Waals surface area contributed by atoms with E-state index in [1.54, 1.807) is 13.0 Å². The number of amides is 2. The number of fused-ring (bicyclic) bond motifs is 1. The van der Waals surface area contributed by atoms with E-state index in [0.29, 0.717) is 30.5 Å². The lowest BCUT2D eigenvalue weighted by molar-refractivity contribution is -0.117. The molecular formula is C19H18ClF2N3O2. The number of hydrogen-bond acceptors (Lipinski definition) is 2. The molecule has 0 bridgehead atoms. The monoisotopic (exact) mass is 393 g/mol. The number of benzene rings is 1. The van der Waals surface area contributed by atoms with Gasteiger partial charge in [0.1, 0.15) is 5.56 Å². The molecule has 3 rings (SSSR count). The van der Waals surface area contributed by atoms with E-state index in [9.17, 15) is 18.4 Å². The zero-order valence-corrected chi connectivity index (χ0v) is 15.3. The van der Waals surface area contributed by atoms with Crippen LogP contribution < -0.4 is 11.1 Å². The molecule has 5 nitrogen and oxygen atoms in total. The van der Waals surface area contributed by atoms with Crippen molar-refractivity contribution in [2.75, 3.05) is 0 Å². The van der Waals surface area contributed by atoms with Gasteiger partial charge in [-0.1, -0.05) is 24.3 Å². The molecule has 27 heavy (non-hydrogen) atoms. The van der Waals surface area contributed by atoms with Crippen molar-refractivity contribution < 1.29 is 18.4 Å². The molecule has 1 heterocycles. The van der Waals surface area contributed by atoms with Crippen molar-refractivity contribution in [2.45, 2.75) is 32.2 Å². The number of carbonyl (C=O) groups excluding carboxylic acids is 2. The summed E-state index contributed by atoms with van der Waals surface area (Å²) in [7, 11) is 0. The Morgan fingerprint density at radius 2 is 2.11 bits per heavy atom. The van der Waals surface area contributed by atoms with E-state index in [1.807, 2.05) is 0 Å². The van der Waals surface area contributed by atoms with E-state index in [0.717, 1.165) is 6.08 Å². The van der Waals surface area contributed by atoms with E-state index >= 15 is 0 Å². The van der Waals surface area contributed by atoms with Crippen LogP contribution >= 0.6 is 11.6 Å². The number of H-pyrrole nitrogens is 1. The van der Waals surface area contributed by atoms with E-state index < -0.39 is 23.1 Å². The first-order chi connectivity index (χ1) is 12.8. The highest BCUT2D eigenvalue weighted by molar-refractivity contribution is 6.37. The van der Waals surface area contributed by atoms with Crippen molar-refractivity contribution in [2.24, 2.45) is 5.73 Å². The maximum atomic E-state index is 15.0. The largest absolute Gasteiger partial charge is 0.365 e. The van der Waals surface area contributed by atoms with Gasteiger partial charge in [-0.2, -0.15) is 0 Å². The van der Waals surface area contributed by atoms with Crippen LogP contribution in [0.25, 0.3) is 16.5 Å². The van der Waals surface area contributed by atoms with Gasteiger partial charge in [0.05, 0.1) is 10.5 Å². The number of rotatable bonds is 4. The maximum Gasteiger partial charge on any atom is 0.253 e. The van der Waals surface area contributed by atoms with Crippen molar-refractivity contribution in [3.63, 3.8) is 0 Å². The summed E-state index contributed by atoms with van der Waals surface area (Å²) >= 11 is 6.33. The number of nitrogens with two attached hydrogens (primary N) is 1. The number of aromatic nitrogens is 1. The molecule has 4 N–H and O–H groups in total. The molecule has 1 aliphatic rings. The number of halogens is 3. The Morgan fingerprint density at radius 3 is 2.74 bits per heavy atom. The highest BCUT2D eigenvalue weighted by atomic mass is 35.5. The number of hydrogen-bond donors (Lipinski definition) is 3. The predicted octanol–water partition coefficient (Wildman–Crippen LogP) is 3.74. The van der Waals surface area contributed by atoms with Crippen LogP contribution in [0, 0.1) is 18.6 Å². The molecule has 2 aromatic rings. The Labute approximate surface area is 159 Å². The summed E-state index contributed by atoms with van der Waals surface area (Å²) in [5.74, 6) is -3.92. The topological polar surface area (TPSA) is 88.0 Å². The number of nitrogens with one attached hydrogen (secondary N) is 2. The van der Waals surface area contributed by atoms with Crippen molar-refractivity contribution in [1.82, 2.24) is 10.3 Å². The van der Waals surface area contributed by atoms with Gasteiger partial charge in [-0.15, -0.1) is 0 Å². The summed E-state index contributed by atoms with van der Waals surface area (Å²) in [5.41, 5.74) is 5.72.